The molecule has 1 aromatic carbocycles. The van der Waals surface area contributed by atoms with Crippen LogP contribution in [0, 0.1) is 0 Å². The third-order valence-corrected chi connectivity index (χ3v) is 2.39. The van der Waals surface area contributed by atoms with Crippen LogP contribution in [0.2, 0.25) is 0 Å². The molecule has 1 aromatic rings. The van der Waals surface area contributed by atoms with Crippen molar-refractivity contribution in [2.75, 3.05) is 13.2 Å². The molecular weight excluding hydrogens is 316 g/mol. The van der Waals surface area contributed by atoms with Crippen molar-refractivity contribution in [3.63, 3.8) is 0 Å². The van der Waals surface area contributed by atoms with E-state index in [1.165, 1.54) is 6.07 Å². The standard InChI is InChI=1S/C14H15ClO7/c1-3-19-10-8-6-5-7-9(10)11(16)21-13(22-14(15)18)12(17)20-4-2/h5-8,13H,3-4H2,1-2H3. The Kier molecular flexibility index (Phi) is 7.18. The van der Waals surface area contributed by atoms with E-state index in [2.05, 4.69) is 9.47 Å². The van der Waals surface area contributed by atoms with Crippen LogP contribution in [0.1, 0.15) is 24.2 Å². The molecule has 0 N–H and O–H groups in total. The average Bonchev–Trinajstić information content (AvgIpc) is 2.47. The molecule has 0 spiro atoms. The van der Waals surface area contributed by atoms with Crippen molar-refractivity contribution in [3.8, 4) is 5.75 Å². The Hall–Kier alpha value is -2.28. The molecule has 0 saturated heterocycles. The molecule has 0 bridgehead atoms. The Morgan fingerprint density at radius 3 is 2.36 bits per heavy atom. The highest BCUT2D eigenvalue weighted by molar-refractivity contribution is 6.61. The Morgan fingerprint density at radius 1 is 1.09 bits per heavy atom. The van der Waals surface area contributed by atoms with Crippen molar-refractivity contribution in [2.45, 2.75) is 20.1 Å². The molecule has 8 heteroatoms. The lowest BCUT2D eigenvalue weighted by Crippen LogP contribution is -2.32. The van der Waals surface area contributed by atoms with Crippen LogP contribution in [0.5, 0.6) is 5.75 Å². The van der Waals surface area contributed by atoms with Gasteiger partial charge in [0.05, 0.1) is 13.2 Å². The second kappa shape index (κ2) is 8.89. The third-order valence-electron chi connectivity index (χ3n) is 2.30. The summed E-state index contributed by atoms with van der Waals surface area (Å²) in [6, 6.07) is 6.26. The van der Waals surface area contributed by atoms with Crippen LogP contribution >= 0.6 is 11.6 Å². The van der Waals surface area contributed by atoms with Crippen LogP contribution in [-0.2, 0) is 19.0 Å². The van der Waals surface area contributed by atoms with Crippen LogP contribution < -0.4 is 4.74 Å². The molecule has 0 amide bonds. The summed E-state index contributed by atoms with van der Waals surface area (Å²) in [6.45, 7) is 3.65. The Balaban J connectivity index is 2.90. The van der Waals surface area contributed by atoms with Crippen LogP contribution in [0.4, 0.5) is 4.79 Å². The molecule has 0 aliphatic heterocycles. The van der Waals surface area contributed by atoms with Crippen molar-refractivity contribution in [1.29, 1.82) is 0 Å². The predicted octanol–water partition coefficient (Wildman–Crippen LogP) is 2.51. The minimum Gasteiger partial charge on any atom is -0.493 e. The molecule has 1 unspecified atom stereocenters. The van der Waals surface area contributed by atoms with Crippen molar-refractivity contribution >= 4 is 29.0 Å². The molecular formula is C14H15ClO7. The van der Waals surface area contributed by atoms with E-state index in [-0.39, 0.29) is 17.9 Å². The van der Waals surface area contributed by atoms with Gasteiger partial charge in [-0.15, -0.1) is 0 Å². The number of benzene rings is 1. The zero-order valence-electron chi connectivity index (χ0n) is 12.0. The van der Waals surface area contributed by atoms with Gasteiger partial charge in [-0.25, -0.2) is 14.4 Å². The highest BCUT2D eigenvalue weighted by Crippen LogP contribution is 2.20. The number of esters is 2. The van der Waals surface area contributed by atoms with E-state index in [0.717, 1.165) is 0 Å². The van der Waals surface area contributed by atoms with E-state index >= 15 is 0 Å². The van der Waals surface area contributed by atoms with E-state index in [1.807, 2.05) is 0 Å². The number of hydrogen-bond acceptors (Lipinski definition) is 7. The smallest absolute Gasteiger partial charge is 0.407 e. The fourth-order valence-electron chi connectivity index (χ4n) is 1.49. The van der Waals surface area contributed by atoms with Gasteiger partial charge >= 0.3 is 23.7 Å². The largest absolute Gasteiger partial charge is 0.493 e. The van der Waals surface area contributed by atoms with E-state index < -0.39 is 23.7 Å². The fourth-order valence-corrected chi connectivity index (χ4v) is 1.57. The Bertz CT molecular complexity index is 544. The van der Waals surface area contributed by atoms with Crippen molar-refractivity contribution in [3.05, 3.63) is 29.8 Å². The van der Waals surface area contributed by atoms with E-state index in [0.29, 0.717) is 6.61 Å². The predicted molar refractivity (Wildman–Crippen MR) is 75.8 cm³/mol. The summed E-state index contributed by atoms with van der Waals surface area (Å²) < 4.78 is 19.2. The molecule has 22 heavy (non-hydrogen) atoms. The first kappa shape index (κ1) is 17.8. The molecule has 0 radical (unpaired) electrons. The lowest BCUT2D eigenvalue weighted by molar-refractivity contribution is -0.172. The quantitative estimate of drug-likeness (QED) is 0.431. The monoisotopic (exact) mass is 330 g/mol. The SMILES string of the molecule is CCOC(=O)C(OC(=O)Cl)OC(=O)c1ccccc1OCC. The summed E-state index contributed by atoms with van der Waals surface area (Å²) in [5.74, 6) is -1.69. The first-order chi connectivity index (χ1) is 10.5. The van der Waals surface area contributed by atoms with Gasteiger partial charge in [0.2, 0.25) is 0 Å². The number of para-hydroxylation sites is 1. The fraction of sp³-hybridized carbons (Fsp3) is 0.357. The van der Waals surface area contributed by atoms with Gasteiger partial charge in [0, 0.05) is 11.6 Å². The molecule has 0 saturated carbocycles. The summed E-state index contributed by atoms with van der Waals surface area (Å²) in [5, 5.41) is 0. The second-order valence-electron chi connectivity index (χ2n) is 3.77. The number of carbonyl (C=O) groups excluding carboxylic acids is 3. The summed E-state index contributed by atoms with van der Waals surface area (Å²) in [5.41, 5.74) is -1.23. The summed E-state index contributed by atoms with van der Waals surface area (Å²) in [4.78, 5) is 34.5. The maximum atomic E-state index is 12.1. The van der Waals surface area contributed by atoms with Gasteiger partial charge in [-0.1, -0.05) is 12.1 Å². The van der Waals surface area contributed by atoms with Crippen LogP contribution in [-0.4, -0.2) is 36.9 Å². The van der Waals surface area contributed by atoms with Gasteiger partial charge in [-0.2, -0.15) is 0 Å². The second-order valence-corrected chi connectivity index (χ2v) is 4.08. The molecule has 120 valence electrons. The van der Waals surface area contributed by atoms with E-state index in [9.17, 15) is 14.4 Å². The van der Waals surface area contributed by atoms with Crippen LogP contribution in [0.15, 0.2) is 24.3 Å². The highest BCUT2D eigenvalue weighted by Gasteiger charge is 2.29. The van der Waals surface area contributed by atoms with Crippen molar-refractivity contribution in [2.24, 2.45) is 0 Å². The highest BCUT2D eigenvalue weighted by atomic mass is 35.5. The molecule has 0 aliphatic rings. The summed E-state index contributed by atoms with van der Waals surface area (Å²) in [7, 11) is 0. The summed E-state index contributed by atoms with van der Waals surface area (Å²) >= 11 is 5.04. The van der Waals surface area contributed by atoms with Crippen LogP contribution in [0.25, 0.3) is 0 Å². The van der Waals surface area contributed by atoms with Crippen molar-refractivity contribution in [1.82, 2.24) is 0 Å². The van der Waals surface area contributed by atoms with E-state index in [1.54, 1.807) is 32.0 Å². The lowest BCUT2D eigenvalue weighted by Gasteiger charge is -2.16. The van der Waals surface area contributed by atoms with Gasteiger partial charge in [0.15, 0.2) is 0 Å². The average molecular weight is 331 g/mol. The minimum absolute atomic E-state index is 0.0161. The minimum atomic E-state index is -1.88. The molecule has 0 fully saturated rings. The zero-order chi connectivity index (χ0) is 16.5. The number of hydrogen-bond donors (Lipinski definition) is 0. The first-order valence-electron chi connectivity index (χ1n) is 6.45. The molecule has 1 atom stereocenters. The first-order valence-corrected chi connectivity index (χ1v) is 6.82. The van der Waals surface area contributed by atoms with Gasteiger partial charge < -0.3 is 18.9 Å². The van der Waals surface area contributed by atoms with E-state index in [4.69, 9.17) is 21.1 Å². The Morgan fingerprint density at radius 2 is 1.77 bits per heavy atom. The van der Waals surface area contributed by atoms with Gasteiger partial charge in [0.25, 0.3) is 0 Å². The molecule has 0 aromatic heterocycles. The maximum Gasteiger partial charge on any atom is 0.407 e. The van der Waals surface area contributed by atoms with Gasteiger partial charge in [-0.3, -0.25) is 0 Å². The Labute approximate surface area is 132 Å². The molecule has 1 rings (SSSR count). The van der Waals surface area contributed by atoms with Gasteiger partial charge in [0.1, 0.15) is 11.3 Å². The molecule has 0 aliphatic carbocycles. The number of rotatable bonds is 7. The zero-order valence-corrected chi connectivity index (χ0v) is 12.8. The molecule has 7 nitrogen and oxygen atoms in total. The number of ether oxygens (including phenoxy) is 4. The van der Waals surface area contributed by atoms with Crippen molar-refractivity contribution < 1.29 is 33.3 Å². The lowest BCUT2D eigenvalue weighted by atomic mass is 10.2. The van der Waals surface area contributed by atoms with Crippen LogP contribution in [0.3, 0.4) is 0 Å². The number of carbonyl (C=O) groups is 3. The van der Waals surface area contributed by atoms with Gasteiger partial charge in [-0.05, 0) is 26.0 Å². The maximum absolute atomic E-state index is 12.1. The molecule has 0 heterocycles. The normalized spacial score (nSPS) is 11.2. The number of halogens is 1. The third kappa shape index (κ3) is 5.25. The summed E-state index contributed by atoms with van der Waals surface area (Å²) in [6.07, 6.45) is -1.88. The topological polar surface area (TPSA) is 88.1 Å².